The van der Waals surface area contributed by atoms with Gasteiger partial charge in [-0.1, -0.05) is 0 Å². The quantitative estimate of drug-likeness (QED) is 0.641. The smallest absolute Gasteiger partial charge is 0.314 e. The second kappa shape index (κ2) is 6.51. The van der Waals surface area contributed by atoms with E-state index in [1.165, 1.54) is 19.2 Å². The molecule has 0 atom stereocenters. The fraction of sp³-hybridized carbons (Fsp3) is 0.231. The number of aromatic nitrogens is 2. The van der Waals surface area contributed by atoms with Crippen molar-refractivity contribution in [3.8, 4) is 11.5 Å². The minimum atomic E-state index is -0.521. The molecule has 1 heterocycles. The van der Waals surface area contributed by atoms with Gasteiger partial charge in [0, 0.05) is 7.05 Å². The van der Waals surface area contributed by atoms with Crippen molar-refractivity contribution >= 4 is 11.5 Å². The Morgan fingerprint density at radius 1 is 1.33 bits per heavy atom. The molecular formula is C13H14N4O4. The lowest BCUT2D eigenvalue weighted by Gasteiger charge is -2.07. The molecule has 0 amide bonds. The van der Waals surface area contributed by atoms with Gasteiger partial charge < -0.3 is 14.8 Å². The Morgan fingerprint density at radius 2 is 2.14 bits per heavy atom. The van der Waals surface area contributed by atoms with Crippen molar-refractivity contribution in [2.45, 2.75) is 6.61 Å². The number of nitrogens with one attached hydrogen (secondary N) is 1. The molecule has 8 nitrogen and oxygen atoms in total. The Morgan fingerprint density at radius 3 is 2.71 bits per heavy atom. The molecule has 0 saturated heterocycles. The summed E-state index contributed by atoms with van der Waals surface area (Å²) < 4.78 is 10.4. The van der Waals surface area contributed by atoms with Gasteiger partial charge in [0.1, 0.15) is 18.2 Å². The molecule has 0 bridgehead atoms. The van der Waals surface area contributed by atoms with Crippen molar-refractivity contribution in [1.29, 1.82) is 0 Å². The predicted molar refractivity (Wildman–Crippen MR) is 75.6 cm³/mol. The summed E-state index contributed by atoms with van der Waals surface area (Å²) in [6.07, 6.45) is 3.15. The molecule has 0 aliphatic heterocycles. The minimum absolute atomic E-state index is 0.147. The highest BCUT2D eigenvalue weighted by molar-refractivity contribution is 5.50. The molecule has 8 heteroatoms. The Balaban J connectivity index is 2.08. The van der Waals surface area contributed by atoms with Gasteiger partial charge in [-0.2, -0.15) is 0 Å². The number of anilines is 1. The molecule has 0 spiro atoms. The van der Waals surface area contributed by atoms with Crippen molar-refractivity contribution in [1.82, 2.24) is 9.97 Å². The molecule has 1 aromatic carbocycles. The third kappa shape index (κ3) is 3.56. The summed E-state index contributed by atoms with van der Waals surface area (Å²) >= 11 is 0. The fourth-order valence-electron chi connectivity index (χ4n) is 1.62. The van der Waals surface area contributed by atoms with Crippen LogP contribution in [-0.4, -0.2) is 29.0 Å². The number of nitrogens with zero attached hydrogens (tertiary/aromatic N) is 3. The highest BCUT2D eigenvalue weighted by atomic mass is 16.6. The van der Waals surface area contributed by atoms with E-state index in [0.29, 0.717) is 17.3 Å². The summed E-state index contributed by atoms with van der Waals surface area (Å²) in [5.41, 5.74) is 0.471. The van der Waals surface area contributed by atoms with E-state index in [4.69, 9.17) is 9.47 Å². The summed E-state index contributed by atoms with van der Waals surface area (Å²) in [6.45, 7) is 0.167. The maximum absolute atomic E-state index is 10.9. The second-order valence-electron chi connectivity index (χ2n) is 4.02. The van der Waals surface area contributed by atoms with Crippen LogP contribution in [-0.2, 0) is 6.61 Å². The number of nitro groups is 1. The number of ether oxygens (including phenoxy) is 2. The zero-order valence-corrected chi connectivity index (χ0v) is 11.6. The van der Waals surface area contributed by atoms with Crippen LogP contribution in [0.3, 0.4) is 0 Å². The van der Waals surface area contributed by atoms with E-state index in [2.05, 4.69) is 15.3 Å². The number of benzene rings is 1. The highest BCUT2D eigenvalue weighted by Gasteiger charge is 2.15. The molecule has 1 aromatic heterocycles. The van der Waals surface area contributed by atoms with Gasteiger partial charge in [0.25, 0.3) is 0 Å². The van der Waals surface area contributed by atoms with E-state index >= 15 is 0 Å². The van der Waals surface area contributed by atoms with Crippen LogP contribution in [0.4, 0.5) is 11.5 Å². The molecule has 0 unspecified atom stereocenters. The van der Waals surface area contributed by atoms with E-state index < -0.39 is 4.92 Å². The largest absolute Gasteiger partial charge is 0.490 e. The number of nitro benzene ring substituents is 1. The van der Waals surface area contributed by atoms with Crippen LogP contribution in [0.5, 0.6) is 11.5 Å². The Labute approximate surface area is 120 Å². The zero-order chi connectivity index (χ0) is 15.2. The van der Waals surface area contributed by atoms with Crippen LogP contribution in [0.25, 0.3) is 0 Å². The van der Waals surface area contributed by atoms with Gasteiger partial charge in [-0.3, -0.25) is 15.1 Å². The highest BCUT2D eigenvalue weighted by Crippen LogP contribution is 2.30. The van der Waals surface area contributed by atoms with Crippen LogP contribution < -0.4 is 14.8 Å². The molecule has 21 heavy (non-hydrogen) atoms. The van der Waals surface area contributed by atoms with Gasteiger partial charge in [0.2, 0.25) is 0 Å². The van der Waals surface area contributed by atoms with E-state index in [0.717, 1.165) is 0 Å². The molecule has 0 radical (unpaired) electrons. The van der Waals surface area contributed by atoms with Gasteiger partial charge in [0.05, 0.1) is 36.2 Å². The van der Waals surface area contributed by atoms with Crippen molar-refractivity contribution in [2.75, 3.05) is 19.5 Å². The molecule has 1 N–H and O–H groups in total. The minimum Gasteiger partial charge on any atom is -0.490 e. The standard InChI is InChI=1S/C13H14N4O4/c1-14-13-7-15-9(6-16-13)8-21-10-3-4-12(20-2)11(5-10)17(18)19/h3-7H,8H2,1-2H3,(H,14,16). The Bertz CT molecular complexity index is 631. The molecular weight excluding hydrogens is 276 g/mol. The van der Waals surface area contributed by atoms with Crippen molar-refractivity contribution in [3.63, 3.8) is 0 Å². The topological polar surface area (TPSA) is 99.4 Å². The number of methoxy groups -OCH3 is 1. The van der Waals surface area contributed by atoms with E-state index in [1.807, 2.05) is 0 Å². The maximum atomic E-state index is 10.9. The first-order valence-electron chi connectivity index (χ1n) is 6.08. The summed E-state index contributed by atoms with van der Waals surface area (Å²) in [5.74, 6) is 1.20. The van der Waals surface area contributed by atoms with Gasteiger partial charge >= 0.3 is 5.69 Å². The van der Waals surface area contributed by atoms with Crippen LogP contribution in [0.2, 0.25) is 0 Å². The van der Waals surface area contributed by atoms with Crippen molar-refractivity contribution in [2.24, 2.45) is 0 Å². The van der Waals surface area contributed by atoms with Crippen molar-refractivity contribution < 1.29 is 14.4 Å². The van der Waals surface area contributed by atoms with E-state index in [-0.39, 0.29) is 18.0 Å². The zero-order valence-electron chi connectivity index (χ0n) is 11.6. The molecule has 2 aromatic rings. The third-order valence-corrected chi connectivity index (χ3v) is 2.70. The Kier molecular flexibility index (Phi) is 4.50. The lowest BCUT2D eigenvalue weighted by molar-refractivity contribution is -0.385. The normalized spacial score (nSPS) is 10.0. The third-order valence-electron chi connectivity index (χ3n) is 2.70. The SMILES string of the molecule is CNc1cnc(COc2ccc(OC)c([N+](=O)[O-])c2)cn1. The summed E-state index contributed by atoms with van der Waals surface area (Å²) in [6, 6.07) is 4.40. The summed E-state index contributed by atoms with van der Waals surface area (Å²) in [4.78, 5) is 18.6. The van der Waals surface area contributed by atoms with E-state index in [9.17, 15) is 10.1 Å². The second-order valence-corrected chi connectivity index (χ2v) is 4.02. The molecule has 0 aliphatic carbocycles. The Hall–Kier alpha value is -2.90. The number of hydrogen-bond acceptors (Lipinski definition) is 7. The first kappa shape index (κ1) is 14.5. The maximum Gasteiger partial charge on any atom is 0.314 e. The number of hydrogen-bond donors (Lipinski definition) is 1. The molecule has 110 valence electrons. The lowest BCUT2D eigenvalue weighted by atomic mass is 10.3. The first-order chi connectivity index (χ1) is 10.1. The van der Waals surface area contributed by atoms with Crippen LogP contribution in [0.1, 0.15) is 5.69 Å². The molecule has 2 rings (SSSR count). The van der Waals surface area contributed by atoms with Crippen LogP contribution in [0, 0.1) is 10.1 Å². The predicted octanol–water partition coefficient (Wildman–Crippen LogP) is 2.01. The number of rotatable bonds is 6. The fourth-order valence-corrected chi connectivity index (χ4v) is 1.62. The first-order valence-corrected chi connectivity index (χ1v) is 6.08. The average molecular weight is 290 g/mol. The van der Waals surface area contributed by atoms with Crippen molar-refractivity contribution in [3.05, 3.63) is 46.4 Å². The molecule has 0 aliphatic rings. The molecule has 0 saturated carbocycles. The van der Waals surface area contributed by atoms with Gasteiger partial charge in [-0.05, 0) is 12.1 Å². The average Bonchev–Trinajstić information content (AvgIpc) is 2.53. The van der Waals surface area contributed by atoms with Gasteiger partial charge in [-0.15, -0.1) is 0 Å². The van der Waals surface area contributed by atoms with Gasteiger partial charge in [0.15, 0.2) is 5.75 Å². The summed E-state index contributed by atoms with van der Waals surface area (Å²) in [5, 5.41) is 13.8. The molecule has 0 fully saturated rings. The van der Waals surface area contributed by atoms with Crippen LogP contribution >= 0.6 is 0 Å². The van der Waals surface area contributed by atoms with E-state index in [1.54, 1.807) is 25.5 Å². The lowest BCUT2D eigenvalue weighted by Crippen LogP contribution is -2.01. The monoisotopic (exact) mass is 290 g/mol. The van der Waals surface area contributed by atoms with Gasteiger partial charge in [-0.25, -0.2) is 4.98 Å². The summed E-state index contributed by atoms with van der Waals surface area (Å²) in [7, 11) is 3.12. The van der Waals surface area contributed by atoms with Crippen LogP contribution in [0.15, 0.2) is 30.6 Å².